The highest BCUT2D eigenvalue weighted by Crippen LogP contribution is 2.40. The molecular weight excluding hydrogens is 291 g/mol. The molecule has 0 saturated heterocycles. The van der Waals surface area contributed by atoms with Crippen LogP contribution in [0.4, 0.5) is 0 Å². The molecule has 0 aliphatic heterocycles. The van der Waals surface area contributed by atoms with Crippen molar-refractivity contribution < 1.29 is 0 Å². The predicted octanol–water partition coefficient (Wildman–Crippen LogP) is 6.38. The van der Waals surface area contributed by atoms with Gasteiger partial charge in [-0.2, -0.15) is 0 Å². The van der Waals surface area contributed by atoms with Gasteiger partial charge in [0.2, 0.25) is 0 Å². The molecule has 0 aromatic rings. The third kappa shape index (κ3) is 8.60. The minimum atomic E-state index is 0. The Hall–Kier alpha value is 0.910. The Bertz CT molecular complexity index is 151. The van der Waals surface area contributed by atoms with Crippen molar-refractivity contribution >= 4 is 26.2 Å². The van der Waals surface area contributed by atoms with E-state index in [4.69, 9.17) is 0 Å². The molecule has 0 bridgehead atoms. The van der Waals surface area contributed by atoms with E-state index in [0.717, 1.165) is 5.92 Å². The fraction of sp³-hybridized carbons (Fsp3) is 1.00. The summed E-state index contributed by atoms with van der Waals surface area (Å²) in [7, 11) is 3.23. The van der Waals surface area contributed by atoms with Crippen LogP contribution in [0.15, 0.2) is 0 Å². The molecule has 0 spiro atoms. The van der Waals surface area contributed by atoms with Crippen molar-refractivity contribution in [3.05, 3.63) is 0 Å². The summed E-state index contributed by atoms with van der Waals surface area (Å²) < 4.78 is 0. The van der Waals surface area contributed by atoms with Crippen LogP contribution in [-0.2, 0) is 0 Å². The van der Waals surface area contributed by atoms with E-state index in [1.165, 1.54) is 57.8 Å². The van der Waals surface area contributed by atoms with Crippen molar-refractivity contribution in [1.29, 1.82) is 0 Å². The summed E-state index contributed by atoms with van der Waals surface area (Å²) in [5.41, 5.74) is 0. The number of hydrogen-bond acceptors (Lipinski definition) is 0. The highest BCUT2D eigenvalue weighted by Gasteiger charge is 2.29. The van der Waals surface area contributed by atoms with Crippen LogP contribution in [0.25, 0.3) is 0 Å². The second-order valence-electron chi connectivity index (χ2n) is 5.48. The first-order valence-corrected chi connectivity index (χ1v) is 7.97. The zero-order valence-corrected chi connectivity index (χ0v) is 15.3. The summed E-state index contributed by atoms with van der Waals surface area (Å²) in [5.74, 6) is 0.871. The van der Waals surface area contributed by atoms with Crippen molar-refractivity contribution in [2.45, 2.75) is 90.6 Å². The summed E-state index contributed by atoms with van der Waals surface area (Å²) in [6.07, 6.45) is 12.4. The summed E-state index contributed by atoms with van der Waals surface area (Å²) in [6, 6.07) is 0. The standard InChI is InChI=1S/C15H33P.BrH/c1-5-8-11-14(4)15(16,12-9-6-2)13-10-7-3;/h14H,5-13,16H2,1-4H3;1H. The van der Waals surface area contributed by atoms with Gasteiger partial charge in [0.15, 0.2) is 0 Å². The fourth-order valence-corrected chi connectivity index (χ4v) is 3.00. The lowest BCUT2D eigenvalue weighted by atomic mass is 9.81. The zero-order valence-electron chi connectivity index (χ0n) is 12.4. The van der Waals surface area contributed by atoms with Crippen molar-refractivity contribution in [2.75, 3.05) is 0 Å². The molecule has 2 heteroatoms. The first-order valence-electron chi connectivity index (χ1n) is 7.39. The molecule has 0 saturated carbocycles. The van der Waals surface area contributed by atoms with E-state index in [9.17, 15) is 0 Å². The molecule has 0 aliphatic carbocycles. The van der Waals surface area contributed by atoms with E-state index in [1.807, 2.05) is 0 Å². The highest BCUT2D eigenvalue weighted by atomic mass is 79.9. The van der Waals surface area contributed by atoms with Gasteiger partial charge < -0.3 is 0 Å². The largest absolute Gasteiger partial charge is 0.131 e. The van der Waals surface area contributed by atoms with Crippen molar-refractivity contribution in [3.8, 4) is 0 Å². The zero-order chi connectivity index (χ0) is 12.4. The van der Waals surface area contributed by atoms with Gasteiger partial charge in [-0.3, -0.25) is 0 Å². The third-order valence-corrected chi connectivity index (χ3v) is 5.11. The lowest BCUT2D eigenvalue weighted by Crippen LogP contribution is -2.29. The number of halogens is 1. The van der Waals surface area contributed by atoms with Crippen LogP contribution in [0.3, 0.4) is 0 Å². The van der Waals surface area contributed by atoms with Crippen LogP contribution in [-0.4, -0.2) is 5.16 Å². The molecule has 0 fully saturated rings. The Morgan fingerprint density at radius 2 is 1.29 bits per heavy atom. The molecular formula is C15H34BrP. The Morgan fingerprint density at radius 3 is 1.65 bits per heavy atom. The maximum atomic E-state index is 3.23. The number of rotatable bonds is 10. The number of unbranched alkanes of at least 4 members (excludes halogenated alkanes) is 3. The Labute approximate surface area is 123 Å². The van der Waals surface area contributed by atoms with E-state index >= 15 is 0 Å². The molecule has 0 aliphatic rings. The summed E-state index contributed by atoms with van der Waals surface area (Å²) in [4.78, 5) is 0. The first kappa shape index (κ1) is 20.2. The first-order chi connectivity index (χ1) is 7.60. The molecule has 2 atom stereocenters. The Kier molecular flexibility index (Phi) is 14.2. The van der Waals surface area contributed by atoms with E-state index in [0.29, 0.717) is 5.16 Å². The summed E-state index contributed by atoms with van der Waals surface area (Å²) in [6.45, 7) is 9.38. The quantitative estimate of drug-likeness (QED) is 0.409. The molecule has 0 radical (unpaired) electrons. The minimum Gasteiger partial charge on any atom is -0.131 e. The van der Waals surface area contributed by atoms with Gasteiger partial charge in [0.1, 0.15) is 0 Å². The van der Waals surface area contributed by atoms with Gasteiger partial charge in [0.05, 0.1) is 0 Å². The summed E-state index contributed by atoms with van der Waals surface area (Å²) >= 11 is 0. The van der Waals surface area contributed by atoms with Crippen molar-refractivity contribution in [3.63, 3.8) is 0 Å². The molecule has 0 aromatic carbocycles. The number of hydrogen-bond donors (Lipinski definition) is 0. The second-order valence-corrected chi connectivity index (χ2v) is 6.63. The molecule has 17 heavy (non-hydrogen) atoms. The normalized spacial score (nSPS) is 13.2. The smallest absolute Gasteiger partial charge is 0.0125 e. The predicted molar refractivity (Wildman–Crippen MR) is 90.5 cm³/mol. The Balaban J connectivity index is 0. The lowest BCUT2D eigenvalue weighted by molar-refractivity contribution is 0.319. The molecule has 0 amide bonds. The van der Waals surface area contributed by atoms with Crippen molar-refractivity contribution in [1.82, 2.24) is 0 Å². The molecule has 2 unspecified atom stereocenters. The van der Waals surface area contributed by atoms with Crippen molar-refractivity contribution in [2.24, 2.45) is 5.92 Å². The highest BCUT2D eigenvalue weighted by molar-refractivity contribution is 8.93. The van der Waals surface area contributed by atoms with Crippen LogP contribution >= 0.6 is 26.2 Å². The van der Waals surface area contributed by atoms with Crippen LogP contribution in [0.5, 0.6) is 0 Å². The SMILES string of the molecule is Br.CCCCC(C)C(P)(CCCC)CCCC. The molecule has 0 nitrogen and oxygen atoms in total. The van der Waals surface area contributed by atoms with Gasteiger partial charge in [-0.05, 0) is 30.3 Å². The lowest BCUT2D eigenvalue weighted by Gasteiger charge is -2.36. The van der Waals surface area contributed by atoms with Crippen LogP contribution in [0.2, 0.25) is 0 Å². The molecule has 0 rings (SSSR count). The maximum absolute atomic E-state index is 3.23. The van der Waals surface area contributed by atoms with E-state index in [1.54, 1.807) is 0 Å². The van der Waals surface area contributed by atoms with E-state index in [-0.39, 0.29) is 17.0 Å². The van der Waals surface area contributed by atoms with E-state index in [2.05, 4.69) is 36.9 Å². The maximum Gasteiger partial charge on any atom is -0.0125 e. The average Bonchev–Trinajstić information content (AvgIpc) is 2.30. The summed E-state index contributed by atoms with van der Waals surface area (Å²) in [5, 5.41) is 0.529. The van der Waals surface area contributed by atoms with Gasteiger partial charge in [-0.25, -0.2) is 0 Å². The van der Waals surface area contributed by atoms with Gasteiger partial charge in [0, 0.05) is 0 Å². The molecule has 0 aromatic heterocycles. The van der Waals surface area contributed by atoms with Crippen LogP contribution < -0.4 is 0 Å². The van der Waals surface area contributed by atoms with Crippen LogP contribution in [0.1, 0.15) is 85.5 Å². The van der Waals surface area contributed by atoms with Gasteiger partial charge >= 0.3 is 0 Å². The van der Waals surface area contributed by atoms with E-state index < -0.39 is 0 Å². The monoisotopic (exact) mass is 324 g/mol. The third-order valence-electron chi connectivity index (χ3n) is 3.96. The van der Waals surface area contributed by atoms with Gasteiger partial charge in [-0.15, -0.1) is 26.2 Å². The fourth-order valence-electron chi connectivity index (χ4n) is 2.43. The molecule has 106 valence electrons. The van der Waals surface area contributed by atoms with Gasteiger partial charge in [0.25, 0.3) is 0 Å². The topological polar surface area (TPSA) is 0 Å². The second kappa shape index (κ2) is 12.0. The van der Waals surface area contributed by atoms with Gasteiger partial charge in [-0.1, -0.05) is 66.2 Å². The molecule has 0 heterocycles. The Morgan fingerprint density at radius 1 is 0.882 bits per heavy atom. The molecule has 0 N–H and O–H groups in total. The average molecular weight is 325 g/mol. The minimum absolute atomic E-state index is 0. The van der Waals surface area contributed by atoms with Crippen LogP contribution in [0, 0.1) is 5.92 Å².